The minimum absolute atomic E-state index is 0.0809. The van der Waals surface area contributed by atoms with E-state index in [1.165, 1.54) is 16.7 Å². The van der Waals surface area contributed by atoms with Crippen LogP contribution < -0.4 is 5.32 Å². The normalized spacial score (nSPS) is 19.3. The fourth-order valence-electron chi connectivity index (χ4n) is 4.68. The van der Waals surface area contributed by atoms with E-state index in [1.807, 2.05) is 24.3 Å². The third kappa shape index (κ3) is 4.39. The van der Waals surface area contributed by atoms with E-state index >= 15 is 0 Å². The molecule has 160 valence electrons. The first-order valence-electron chi connectivity index (χ1n) is 11.2. The third-order valence-corrected chi connectivity index (χ3v) is 6.54. The molecule has 1 aromatic heterocycles. The van der Waals surface area contributed by atoms with E-state index in [2.05, 4.69) is 51.5 Å². The zero-order valence-corrected chi connectivity index (χ0v) is 17.9. The highest BCUT2D eigenvalue weighted by Crippen LogP contribution is 2.31. The van der Waals surface area contributed by atoms with E-state index < -0.39 is 0 Å². The second kappa shape index (κ2) is 8.63. The van der Waals surface area contributed by atoms with E-state index in [0.717, 1.165) is 44.3 Å². The van der Waals surface area contributed by atoms with Gasteiger partial charge in [0.25, 0.3) is 5.89 Å². The number of likely N-dealkylation sites (tertiary alicyclic amines) is 1. The van der Waals surface area contributed by atoms with E-state index in [9.17, 15) is 4.79 Å². The van der Waals surface area contributed by atoms with Crippen LogP contribution in [0.4, 0.5) is 0 Å². The molecule has 2 heterocycles. The van der Waals surface area contributed by atoms with Crippen molar-refractivity contribution >= 4 is 5.91 Å². The molecule has 1 fully saturated rings. The number of benzene rings is 2. The summed E-state index contributed by atoms with van der Waals surface area (Å²) >= 11 is 0. The number of piperidine rings is 1. The SMILES string of the molecule is Cc1ccc(-c2nc(CN3CCC(C(=O)NC4CCc5ccccc54)CC3)no2)cc1. The number of nitrogens with one attached hydrogen (secondary N) is 1. The fraction of sp³-hybridized carbons (Fsp3) is 0.400. The topological polar surface area (TPSA) is 71.3 Å². The highest BCUT2D eigenvalue weighted by atomic mass is 16.5. The molecular weight excluding hydrogens is 388 g/mol. The Balaban J connectivity index is 1.12. The van der Waals surface area contributed by atoms with Crippen molar-refractivity contribution in [2.24, 2.45) is 5.92 Å². The summed E-state index contributed by atoms with van der Waals surface area (Å²) in [4.78, 5) is 19.7. The number of carbonyl (C=O) groups excluding carboxylic acids is 1. The lowest BCUT2D eigenvalue weighted by Gasteiger charge is -2.31. The van der Waals surface area contributed by atoms with Crippen LogP contribution in [0.1, 0.15) is 47.8 Å². The Bertz CT molecular complexity index is 1050. The lowest BCUT2D eigenvalue weighted by Crippen LogP contribution is -2.41. The van der Waals surface area contributed by atoms with Crippen molar-refractivity contribution < 1.29 is 9.32 Å². The van der Waals surface area contributed by atoms with Gasteiger partial charge in [0.05, 0.1) is 12.6 Å². The maximum absolute atomic E-state index is 12.8. The van der Waals surface area contributed by atoms with Crippen LogP contribution in [0.25, 0.3) is 11.5 Å². The Hall–Kier alpha value is -2.99. The molecule has 2 aliphatic rings. The monoisotopic (exact) mass is 416 g/mol. The number of amides is 1. The fourth-order valence-corrected chi connectivity index (χ4v) is 4.68. The summed E-state index contributed by atoms with van der Waals surface area (Å²) in [5, 5.41) is 7.44. The third-order valence-electron chi connectivity index (χ3n) is 6.54. The highest BCUT2D eigenvalue weighted by molar-refractivity contribution is 5.79. The molecule has 0 saturated carbocycles. The van der Waals surface area contributed by atoms with E-state index in [1.54, 1.807) is 0 Å². The van der Waals surface area contributed by atoms with Gasteiger partial charge in [-0.3, -0.25) is 9.69 Å². The van der Waals surface area contributed by atoms with Crippen molar-refractivity contribution in [3.05, 3.63) is 71.0 Å². The second-order valence-electron chi connectivity index (χ2n) is 8.73. The summed E-state index contributed by atoms with van der Waals surface area (Å²) in [6.07, 6.45) is 3.78. The van der Waals surface area contributed by atoms with Gasteiger partial charge in [-0.15, -0.1) is 0 Å². The molecule has 0 spiro atoms. The highest BCUT2D eigenvalue weighted by Gasteiger charge is 2.29. The number of rotatable bonds is 5. The van der Waals surface area contributed by atoms with E-state index in [-0.39, 0.29) is 17.9 Å². The molecule has 6 nitrogen and oxygen atoms in total. The summed E-state index contributed by atoms with van der Waals surface area (Å²) in [6, 6.07) is 16.7. The van der Waals surface area contributed by atoms with Crippen molar-refractivity contribution in [2.45, 2.75) is 45.2 Å². The van der Waals surface area contributed by atoms with Crippen LogP contribution in [0.5, 0.6) is 0 Å². The van der Waals surface area contributed by atoms with Gasteiger partial charge in [0.2, 0.25) is 5.91 Å². The molecule has 1 N–H and O–H groups in total. The molecular formula is C25H28N4O2. The van der Waals surface area contributed by atoms with Gasteiger partial charge in [-0.1, -0.05) is 47.1 Å². The average Bonchev–Trinajstić information content (AvgIpc) is 3.42. The maximum Gasteiger partial charge on any atom is 0.257 e. The van der Waals surface area contributed by atoms with Gasteiger partial charge in [-0.2, -0.15) is 4.98 Å². The number of hydrogen-bond acceptors (Lipinski definition) is 5. The molecule has 1 amide bonds. The zero-order valence-electron chi connectivity index (χ0n) is 17.9. The van der Waals surface area contributed by atoms with Crippen molar-refractivity contribution in [1.29, 1.82) is 0 Å². The quantitative estimate of drug-likeness (QED) is 0.679. The van der Waals surface area contributed by atoms with Crippen LogP contribution >= 0.6 is 0 Å². The molecule has 2 aromatic carbocycles. The van der Waals surface area contributed by atoms with E-state index in [0.29, 0.717) is 18.3 Å². The minimum atomic E-state index is 0.0809. The molecule has 1 atom stereocenters. The van der Waals surface area contributed by atoms with Crippen LogP contribution in [0.3, 0.4) is 0 Å². The predicted octanol–water partition coefficient (Wildman–Crippen LogP) is 4.06. The minimum Gasteiger partial charge on any atom is -0.349 e. The first-order chi connectivity index (χ1) is 15.2. The molecule has 5 rings (SSSR count). The van der Waals surface area contributed by atoms with Crippen molar-refractivity contribution in [3.63, 3.8) is 0 Å². The van der Waals surface area contributed by atoms with Crippen LogP contribution in [0.2, 0.25) is 0 Å². The Kier molecular flexibility index (Phi) is 5.55. The zero-order chi connectivity index (χ0) is 21.2. The number of carbonyl (C=O) groups is 1. The Labute approximate surface area is 182 Å². The van der Waals surface area contributed by atoms with E-state index in [4.69, 9.17) is 4.52 Å². The first-order valence-corrected chi connectivity index (χ1v) is 11.2. The van der Waals surface area contributed by atoms with Gasteiger partial charge >= 0.3 is 0 Å². The Morgan fingerprint density at radius 2 is 1.87 bits per heavy atom. The molecule has 1 saturated heterocycles. The van der Waals surface area contributed by atoms with Gasteiger partial charge < -0.3 is 9.84 Å². The van der Waals surface area contributed by atoms with Gasteiger partial charge in [-0.05, 0) is 69.0 Å². The summed E-state index contributed by atoms with van der Waals surface area (Å²) in [6.45, 7) is 4.45. The number of nitrogens with zero attached hydrogens (tertiary/aromatic N) is 3. The van der Waals surface area contributed by atoms with Crippen molar-refractivity contribution in [3.8, 4) is 11.5 Å². The largest absolute Gasteiger partial charge is 0.349 e. The van der Waals surface area contributed by atoms with Crippen LogP contribution in [-0.4, -0.2) is 34.0 Å². The number of aryl methyl sites for hydroxylation is 2. The van der Waals surface area contributed by atoms with Gasteiger partial charge in [0.15, 0.2) is 5.82 Å². The van der Waals surface area contributed by atoms with Gasteiger partial charge in [0, 0.05) is 11.5 Å². The molecule has 3 aromatic rings. The Morgan fingerprint density at radius 3 is 2.68 bits per heavy atom. The lowest BCUT2D eigenvalue weighted by atomic mass is 9.95. The number of hydrogen-bond donors (Lipinski definition) is 1. The molecule has 1 unspecified atom stereocenters. The predicted molar refractivity (Wildman–Crippen MR) is 118 cm³/mol. The molecule has 31 heavy (non-hydrogen) atoms. The molecule has 6 heteroatoms. The second-order valence-corrected chi connectivity index (χ2v) is 8.73. The average molecular weight is 417 g/mol. The van der Waals surface area contributed by atoms with Crippen molar-refractivity contribution in [2.75, 3.05) is 13.1 Å². The van der Waals surface area contributed by atoms with Gasteiger partial charge in [0.1, 0.15) is 0 Å². The lowest BCUT2D eigenvalue weighted by molar-refractivity contribution is -0.127. The molecule has 1 aliphatic carbocycles. The number of aromatic nitrogens is 2. The summed E-state index contributed by atoms with van der Waals surface area (Å²) < 4.78 is 5.44. The molecule has 0 radical (unpaired) electrons. The molecule has 1 aliphatic heterocycles. The summed E-state index contributed by atoms with van der Waals surface area (Å²) in [7, 11) is 0. The summed E-state index contributed by atoms with van der Waals surface area (Å²) in [5.41, 5.74) is 4.79. The van der Waals surface area contributed by atoms with Crippen LogP contribution in [-0.2, 0) is 17.8 Å². The van der Waals surface area contributed by atoms with Crippen molar-refractivity contribution in [1.82, 2.24) is 20.4 Å². The van der Waals surface area contributed by atoms with Crippen LogP contribution in [0.15, 0.2) is 53.1 Å². The van der Waals surface area contributed by atoms with Crippen LogP contribution in [0, 0.1) is 12.8 Å². The van der Waals surface area contributed by atoms with Gasteiger partial charge in [-0.25, -0.2) is 0 Å². The summed E-state index contributed by atoms with van der Waals surface area (Å²) in [5.74, 6) is 1.53. The Morgan fingerprint density at radius 1 is 1.10 bits per heavy atom. The number of fused-ring (bicyclic) bond motifs is 1. The molecule has 0 bridgehead atoms. The first kappa shape index (κ1) is 19.9. The smallest absolute Gasteiger partial charge is 0.257 e. The standard InChI is InChI=1S/C25H28N4O2/c1-17-6-8-20(9-7-17)25-27-23(28-31-25)16-29-14-12-19(13-15-29)24(30)26-22-11-10-18-4-2-3-5-21(18)22/h2-9,19,22H,10-16H2,1H3,(H,26,30). The maximum atomic E-state index is 12.8.